The van der Waals surface area contributed by atoms with Crippen LogP contribution in [0.3, 0.4) is 0 Å². The van der Waals surface area contributed by atoms with E-state index in [1.165, 1.54) is 0 Å². The Balaban J connectivity index is 2.06. The quantitative estimate of drug-likeness (QED) is 0.605. The molecule has 1 fully saturated rings. The maximum Gasteiger partial charge on any atom is 0.248 e. The molecule has 0 aliphatic carbocycles. The molecular weight excluding hydrogens is 184 g/mol. The molecule has 1 N–H and O–H groups in total. The summed E-state index contributed by atoms with van der Waals surface area (Å²) in [5.41, 5.74) is 0. The van der Waals surface area contributed by atoms with Crippen molar-refractivity contribution in [1.82, 2.24) is 10.2 Å². The topological polar surface area (TPSA) is 50.8 Å². The van der Waals surface area contributed by atoms with Crippen molar-refractivity contribution in [2.75, 3.05) is 47.0 Å². The zero-order chi connectivity index (χ0) is 10.4. The third-order valence-corrected chi connectivity index (χ3v) is 2.24. The number of methoxy groups -OCH3 is 1. The monoisotopic (exact) mass is 202 g/mol. The van der Waals surface area contributed by atoms with E-state index in [1.807, 2.05) is 0 Å². The number of nitrogens with one attached hydrogen (secondary N) is 1. The largest absolute Gasteiger partial charge is 0.383 e. The highest BCUT2D eigenvalue weighted by atomic mass is 16.5. The first-order valence-electron chi connectivity index (χ1n) is 4.79. The Bertz CT molecular complexity index is 183. The highest BCUT2D eigenvalue weighted by molar-refractivity contribution is 5.77. The van der Waals surface area contributed by atoms with Gasteiger partial charge in [0, 0.05) is 33.8 Å². The second kappa shape index (κ2) is 5.95. The SMILES string of the molecule is COCCN(C)C(=O)COC1CNC1. The van der Waals surface area contributed by atoms with E-state index in [1.54, 1.807) is 19.1 Å². The first-order chi connectivity index (χ1) is 6.74. The van der Waals surface area contributed by atoms with Crippen LogP contribution in [-0.4, -0.2) is 63.9 Å². The molecule has 82 valence electrons. The van der Waals surface area contributed by atoms with Crippen LogP contribution >= 0.6 is 0 Å². The average molecular weight is 202 g/mol. The number of ether oxygens (including phenoxy) is 2. The van der Waals surface area contributed by atoms with Gasteiger partial charge in [0.1, 0.15) is 6.61 Å². The molecule has 1 saturated heterocycles. The summed E-state index contributed by atoms with van der Waals surface area (Å²) in [7, 11) is 3.37. The van der Waals surface area contributed by atoms with Gasteiger partial charge in [0.2, 0.25) is 5.91 Å². The minimum Gasteiger partial charge on any atom is -0.383 e. The Kier molecular flexibility index (Phi) is 4.86. The van der Waals surface area contributed by atoms with Crippen LogP contribution in [0.5, 0.6) is 0 Å². The zero-order valence-electron chi connectivity index (χ0n) is 8.78. The fourth-order valence-corrected chi connectivity index (χ4v) is 1.03. The number of rotatable bonds is 6. The molecule has 1 heterocycles. The van der Waals surface area contributed by atoms with E-state index in [2.05, 4.69) is 5.32 Å². The first kappa shape index (κ1) is 11.4. The van der Waals surface area contributed by atoms with Gasteiger partial charge in [-0.05, 0) is 0 Å². The molecule has 0 aromatic carbocycles. The summed E-state index contributed by atoms with van der Waals surface area (Å²) in [5.74, 6) is 0.00829. The zero-order valence-corrected chi connectivity index (χ0v) is 8.78. The van der Waals surface area contributed by atoms with Crippen LogP contribution in [0.15, 0.2) is 0 Å². The predicted octanol–water partition coefficient (Wildman–Crippen LogP) is -0.920. The van der Waals surface area contributed by atoms with Crippen molar-refractivity contribution in [2.24, 2.45) is 0 Å². The smallest absolute Gasteiger partial charge is 0.248 e. The van der Waals surface area contributed by atoms with Crippen LogP contribution in [0.4, 0.5) is 0 Å². The molecule has 0 spiro atoms. The molecule has 0 saturated carbocycles. The Morgan fingerprint density at radius 1 is 1.57 bits per heavy atom. The van der Waals surface area contributed by atoms with Crippen molar-refractivity contribution in [3.8, 4) is 0 Å². The van der Waals surface area contributed by atoms with Crippen molar-refractivity contribution in [2.45, 2.75) is 6.10 Å². The van der Waals surface area contributed by atoms with Crippen LogP contribution in [0.25, 0.3) is 0 Å². The average Bonchev–Trinajstić information content (AvgIpc) is 2.11. The van der Waals surface area contributed by atoms with Crippen molar-refractivity contribution in [3.05, 3.63) is 0 Å². The van der Waals surface area contributed by atoms with Crippen molar-refractivity contribution in [3.63, 3.8) is 0 Å². The van der Waals surface area contributed by atoms with E-state index in [0.29, 0.717) is 13.2 Å². The number of nitrogens with zero attached hydrogens (tertiary/aromatic N) is 1. The minimum atomic E-state index is 0.00829. The molecule has 0 radical (unpaired) electrons. The molecule has 0 unspecified atom stereocenters. The van der Waals surface area contributed by atoms with Gasteiger partial charge < -0.3 is 19.7 Å². The van der Waals surface area contributed by atoms with E-state index >= 15 is 0 Å². The number of hydrogen-bond donors (Lipinski definition) is 1. The van der Waals surface area contributed by atoms with Gasteiger partial charge in [-0.15, -0.1) is 0 Å². The number of carbonyl (C=O) groups excluding carboxylic acids is 1. The molecule has 0 atom stereocenters. The van der Waals surface area contributed by atoms with Gasteiger partial charge in [-0.3, -0.25) is 4.79 Å². The molecule has 0 aromatic heterocycles. The molecule has 1 rings (SSSR count). The van der Waals surface area contributed by atoms with Gasteiger partial charge >= 0.3 is 0 Å². The summed E-state index contributed by atoms with van der Waals surface area (Å²) in [6.07, 6.45) is 0.217. The Hall–Kier alpha value is -0.650. The molecule has 1 amide bonds. The van der Waals surface area contributed by atoms with Crippen molar-refractivity contribution < 1.29 is 14.3 Å². The van der Waals surface area contributed by atoms with E-state index in [4.69, 9.17) is 9.47 Å². The van der Waals surface area contributed by atoms with Gasteiger partial charge in [-0.25, -0.2) is 0 Å². The lowest BCUT2D eigenvalue weighted by Gasteiger charge is -2.27. The standard InChI is InChI=1S/C9H18N2O3/c1-11(3-4-13-2)9(12)7-14-8-5-10-6-8/h8,10H,3-7H2,1-2H3. The van der Waals surface area contributed by atoms with E-state index in [9.17, 15) is 4.79 Å². The summed E-state index contributed by atoms with van der Waals surface area (Å²) in [4.78, 5) is 13.0. The summed E-state index contributed by atoms with van der Waals surface area (Å²) in [5, 5.41) is 3.08. The molecular formula is C9H18N2O3. The lowest BCUT2D eigenvalue weighted by Crippen LogP contribution is -2.49. The minimum absolute atomic E-state index is 0.00829. The fourth-order valence-electron chi connectivity index (χ4n) is 1.03. The summed E-state index contributed by atoms with van der Waals surface area (Å²) >= 11 is 0. The predicted molar refractivity (Wildman–Crippen MR) is 52.1 cm³/mol. The van der Waals surface area contributed by atoms with Crippen LogP contribution < -0.4 is 5.32 Å². The molecule has 14 heavy (non-hydrogen) atoms. The molecule has 5 heteroatoms. The number of hydrogen-bond acceptors (Lipinski definition) is 4. The van der Waals surface area contributed by atoms with Crippen LogP contribution in [0.1, 0.15) is 0 Å². The number of amides is 1. The van der Waals surface area contributed by atoms with Crippen LogP contribution in [0, 0.1) is 0 Å². The molecule has 5 nitrogen and oxygen atoms in total. The third kappa shape index (κ3) is 3.61. The summed E-state index contributed by atoms with van der Waals surface area (Å²) in [6, 6.07) is 0. The lowest BCUT2D eigenvalue weighted by molar-refractivity contribution is -0.138. The maximum atomic E-state index is 11.4. The fraction of sp³-hybridized carbons (Fsp3) is 0.889. The highest BCUT2D eigenvalue weighted by Gasteiger charge is 2.19. The summed E-state index contributed by atoms with van der Waals surface area (Å²) < 4.78 is 10.2. The molecule has 1 aliphatic rings. The van der Waals surface area contributed by atoms with Gasteiger partial charge in [0.05, 0.1) is 12.7 Å². The van der Waals surface area contributed by atoms with Gasteiger partial charge in [0.15, 0.2) is 0 Å². The second-order valence-electron chi connectivity index (χ2n) is 3.40. The van der Waals surface area contributed by atoms with E-state index in [-0.39, 0.29) is 18.6 Å². The van der Waals surface area contributed by atoms with E-state index < -0.39 is 0 Å². The first-order valence-corrected chi connectivity index (χ1v) is 4.79. The van der Waals surface area contributed by atoms with E-state index in [0.717, 1.165) is 13.1 Å². The second-order valence-corrected chi connectivity index (χ2v) is 3.40. The molecule has 0 bridgehead atoms. The maximum absolute atomic E-state index is 11.4. The lowest BCUT2D eigenvalue weighted by atomic mass is 10.2. The number of carbonyl (C=O) groups is 1. The van der Waals surface area contributed by atoms with Crippen molar-refractivity contribution >= 4 is 5.91 Å². The van der Waals surface area contributed by atoms with Gasteiger partial charge in [-0.1, -0.05) is 0 Å². The number of likely N-dealkylation sites (N-methyl/N-ethyl adjacent to an activating group) is 1. The van der Waals surface area contributed by atoms with Gasteiger partial charge in [0.25, 0.3) is 0 Å². The molecule has 0 aromatic rings. The Morgan fingerprint density at radius 3 is 2.79 bits per heavy atom. The third-order valence-electron chi connectivity index (χ3n) is 2.24. The van der Waals surface area contributed by atoms with Crippen LogP contribution in [0.2, 0.25) is 0 Å². The highest BCUT2D eigenvalue weighted by Crippen LogP contribution is 1.98. The Labute approximate surface area is 84.4 Å². The summed E-state index contributed by atoms with van der Waals surface area (Å²) in [6.45, 7) is 3.06. The Morgan fingerprint density at radius 2 is 2.29 bits per heavy atom. The van der Waals surface area contributed by atoms with Gasteiger partial charge in [-0.2, -0.15) is 0 Å². The normalized spacial score (nSPS) is 16.4. The van der Waals surface area contributed by atoms with Crippen LogP contribution in [-0.2, 0) is 14.3 Å². The molecule has 1 aliphatic heterocycles. The van der Waals surface area contributed by atoms with Crippen molar-refractivity contribution in [1.29, 1.82) is 0 Å².